The molecule has 0 saturated carbocycles. The molecular weight excluding hydrogens is 356 g/mol. The summed E-state index contributed by atoms with van der Waals surface area (Å²) < 4.78 is 6.11. The van der Waals surface area contributed by atoms with Crippen molar-refractivity contribution in [1.29, 1.82) is 0 Å². The summed E-state index contributed by atoms with van der Waals surface area (Å²) >= 11 is 0. The van der Waals surface area contributed by atoms with E-state index in [1.54, 1.807) is 0 Å². The Morgan fingerprint density at radius 2 is 1.38 bits per heavy atom. The molecule has 144 valence electrons. The number of unbranched alkanes of at least 4 members (excludes halogenated alkanes) is 1. The van der Waals surface area contributed by atoms with Crippen LogP contribution in [0.5, 0.6) is 11.6 Å². The van der Waals surface area contributed by atoms with E-state index in [0.717, 1.165) is 29.0 Å². The minimum Gasteiger partial charge on any atom is -0.439 e. The van der Waals surface area contributed by atoms with Crippen LogP contribution in [0.15, 0.2) is 91.0 Å². The molecule has 3 aromatic carbocycles. The summed E-state index contributed by atoms with van der Waals surface area (Å²) in [4.78, 5) is 9.44. The van der Waals surface area contributed by atoms with Crippen molar-refractivity contribution in [2.75, 3.05) is 0 Å². The predicted octanol–water partition coefficient (Wildman–Crippen LogP) is 6.95. The lowest BCUT2D eigenvalue weighted by Gasteiger charge is -2.10. The third-order valence-electron chi connectivity index (χ3n) is 4.77. The molecule has 0 spiro atoms. The van der Waals surface area contributed by atoms with E-state index in [2.05, 4.69) is 24.0 Å². The first-order valence-corrected chi connectivity index (χ1v) is 10.1. The topological polar surface area (TPSA) is 35.0 Å². The highest BCUT2D eigenvalue weighted by Gasteiger charge is 2.10. The third-order valence-corrected chi connectivity index (χ3v) is 4.77. The van der Waals surface area contributed by atoms with Gasteiger partial charge in [-0.05, 0) is 30.5 Å². The molecule has 0 fully saturated rings. The summed E-state index contributed by atoms with van der Waals surface area (Å²) in [5.74, 6) is 1.97. The lowest BCUT2D eigenvalue weighted by Crippen LogP contribution is -1.96. The van der Waals surface area contributed by atoms with Crippen molar-refractivity contribution in [1.82, 2.24) is 9.97 Å². The highest BCUT2D eigenvalue weighted by Crippen LogP contribution is 2.28. The Bertz CT molecular complexity index is 987. The van der Waals surface area contributed by atoms with Gasteiger partial charge in [-0.25, -0.2) is 4.98 Å². The van der Waals surface area contributed by atoms with Crippen LogP contribution in [0, 0.1) is 0 Å². The number of hydrogen-bond donors (Lipinski definition) is 0. The number of aryl methyl sites for hydroxylation is 1. The SMILES string of the molecule is CCCCc1ccc(Oc2cc(-c3ccccc3)nc(-c3ccccc3)n2)cc1. The van der Waals surface area contributed by atoms with Gasteiger partial charge in [0.1, 0.15) is 5.75 Å². The standard InChI is InChI=1S/C26H24N2O/c1-2-3-10-20-15-17-23(18-16-20)29-25-19-24(21-11-6-4-7-12-21)27-26(28-25)22-13-8-5-9-14-22/h4-9,11-19H,2-3,10H2,1H3. The smallest absolute Gasteiger partial charge is 0.223 e. The molecule has 0 amide bonds. The van der Waals surface area contributed by atoms with Crippen LogP contribution in [0.2, 0.25) is 0 Å². The number of ether oxygens (including phenoxy) is 1. The molecule has 0 aliphatic heterocycles. The van der Waals surface area contributed by atoms with Gasteiger partial charge >= 0.3 is 0 Å². The van der Waals surface area contributed by atoms with E-state index in [0.29, 0.717) is 11.7 Å². The largest absolute Gasteiger partial charge is 0.439 e. The van der Waals surface area contributed by atoms with Gasteiger partial charge in [0.25, 0.3) is 0 Å². The van der Waals surface area contributed by atoms with Gasteiger partial charge < -0.3 is 4.74 Å². The monoisotopic (exact) mass is 380 g/mol. The fourth-order valence-corrected chi connectivity index (χ4v) is 3.18. The van der Waals surface area contributed by atoms with Crippen molar-refractivity contribution in [2.45, 2.75) is 26.2 Å². The summed E-state index contributed by atoms with van der Waals surface area (Å²) in [6.07, 6.45) is 3.50. The Morgan fingerprint density at radius 1 is 0.724 bits per heavy atom. The number of hydrogen-bond acceptors (Lipinski definition) is 3. The average molecular weight is 380 g/mol. The van der Waals surface area contributed by atoms with Gasteiger partial charge in [0.2, 0.25) is 5.88 Å². The van der Waals surface area contributed by atoms with E-state index in [1.807, 2.05) is 78.9 Å². The quantitative estimate of drug-likeness (QED) is 0.348. The molecule has 4 rings (SSSR count). The molecule has 29 heavy (non-hydrogen) atoms. The third kappa shape index (κ3) is 4.88. The molecule has 0 aliphatic carbocycles. The lowest BCUT2D eigenvalue weighted by molar-refractivity contribution is 0.462. The fourth-order valence-electron chi connectivity index (χ4n) is 3.18. The summed E-state index contributed by atoms with van der Waals surface area (Å²) in [5, 5.41) is 0. The zero-order valence-electron chi connectivity index (χ0n) is 16.6. The Hall–Kier alpha value is -3.46. The van der Waals surface area contributed by atoms with Crippen LogP contribution in [-0.2, 0) is 6.42 Å². The summed E-state index contributed by atoms with van der Waals surface area (Å²) in [5.41, 5.74) is 4.17. The molecule has 0 unspecified atom stereocenters. The lowest BCUT2D eigenvalue weighted by atomic mass is 10.1. The van der Waals surface area contributed by atoms with Crippen molar-refractivity contribution < 1.29 is 4.74 Å². The molecule has 0 atom stereocenters. The van der Waals surface area contributed by atoms with Gasteiger partial charge in [0.05, 0.1) is 5.69 Å². The molecule has 3 nitrogen and oxygen atoms in total. The predicted molar refractivity (Wildman–Crippen MR) is 118 cm³/mol. The van der Waals surface area contributed by atoms with Crippen LogP contribution >= 0.6 is 0 Å². The van der Waals surface area contributed by atoms with Crippen molar-refractivity contribution in [2.24, 2.45) is 0 Å². The molecule has 1 heterocycles. The first kappa shape index (κ1) is 18.9. The minimum absolute atomic E-state index is 0.541. The van der Waals surface area contributed by atoms with Gasteiger partial charge in [-0.1, -0.05) is 86.1 Å². The zero-order valence-corrected chi connectivity index (χ0v) is 16.6. The molecule has 0 N–H and O–H groups in total. The van der Waals surface area contributed by atoms with E-state index in [-0.39, 0.29) is 0 Å². The molecular formula is C26H24N2O. The first-order chi connectivity index (χ1) is 14.3. The van der Waals surface area contributed by atoms with Crippen LogP contribution in [-0.4, -0.2) is 9.97 Å². The average Bonchev–Trinajstić information content (AvgIpc) is 2.79. The summed E-state index contributed by atoms with van der Waals surface area (Å²) in [7, 11) is 0. The number of aromatic nitrogens is 2. The molecule has 3 heteroatoms. The van der Waals surface area contributed by atoms with E-state index < -0.39 is 0 Å². The van der Waals surface area contributed by atoms with Crippen molar-refractivity contribution in [3.05, 3.63) is 96.6 Å². The second-order valence-corrected chi connectivity index (χ2v) is 7.00. The van der Waals surface area contributed by atoms with Crippen LogP contribution in [0.25, 0.3) is 22.6 Å². The van der Waals surface area contributed by atoms with E-state index in [4.69, 9.17) is 9.72 Å². The van der Waals surface area contributed by atoms with Gasteiger partial charge in [-0.2, -0.15) is 4.98 Å². The second kappa shape index (κ2) is 9.16. The molecule has 4 aromatic rings. The van der Waals surface area contributed by atoms with Crippen LogP contribution in [0.1, 0.15) is 25.3 Å². The van der Waals surface area contributed by atoms with E-state index in [1.165, 1.54) is 18.4 Å². The maximum Gasteiger partial charge on any atom is 0.223 e. The highest BCUT2D eigenvalue weighted by molar-refractivity contribution is 5.65. The number of rotatable bonds is 7. The van der Waals surface area contributed by atoms with Gasteiger partial charge in [-0.15, -0.1) is 0 Å². The Morgan fingerprint density at radius 3 is 2.03 bits per heavy atom. The Balaban J connectivity index is 1.67. The highest BCUT2D eigenvalue weighted by atomic mass is 16.5. The van der Waals surface area contributed by atoms with E-state index in [9.17, 15) is 0 Å². The second-order valence-electron chi connectivity index (χ2n) is 7.00. The maximum absolute atomic E-state index is 6.11. The van der Waals surface area contributed by atoms with Gasteiger partial charge in [-0.3, -0.25) is 0 Å². The molecule has 0 radical (unpaired) electrons. The normalized spacial score (nSPS) is 10.7. The minimum atomic E-state index is 0.541. The Labute approximate surface area is 172 Å². The fraction of sp³-hybridized carbons (Fsp3) is 0.154. The Kier molecular flexibility index (Phi) is 5.96. The van der Waals surface area contributed by atoms with Gasteiger partial charge in [0, 0.05) is 17.2 Å². The molecule has 1 aromatic heterocycles. The van der Waals surface area contributed by atoms with Gasteiger partial charge in [0.15, 0.2) is 5.82 Å². The summed E-state index contributed by atoms with van der Waals surface area (Å²) in [6, 6.07) is 30.3. The van der Waals surface area contributed by atoms with Crippen LogP contribution in [0.3, 0.4) is 0 Å². The first-order valence-electron chi connectivity index (χ1n) is 10.1. The summed E-state index contributed by atoms with van der Waals surface area (Å²) in [6.45, 7) is 2.21. The number of benzene rings is 3. The maximum atomic E-state index is 6.11. The van der Waals surface area contributed by atoms with Crippen molar-refractivity contribution in [3.8, 4) is 34.3 Å². The van der Waals surface area contributed by atoms with Crippen LogP contribution < -0.4 is 4.74 Å². The number of nitrogens with zero attached hydrogens (tertiary/aromatic N) is 2. The van der Waals surface area contributed by atoms with Crippen molar-refractivity contribution >= 4 is 0 Å². The molecule has 0 aliphatic rings. The van der Waals surface area contributed by atoms with Crippen molar-refractivity contribution in [3.63, 3.8) is 0 Å². The molecule has 0 saturated heterocycles. The zero-order chi connectivity index (χ0) is 19.9. The van der Waals surface area contributed by atoms with E-state index >= 15 is 0 Å². The van der Waals surface area contributed by atoms with Crippen LogP contribution in [0.4, 0.5) is 0 Å². The molecule has 0 bridgehead atoms.